The van der Waals surface area contributed by atoms with Crippen molar-refractivity contribution < 1.29 is 18.3 Å². The number of carbonyl (C=O) groups is 1. The normalized spacial score (nSPS) is 24.2. The number of rotatable bonds is 7. The first-order valence-electron chi connectivity index (χ1n) is 11.4. The third kappa shape index (κ3) is 5.05. The third-order valence-corrected chi connectivity index (χ3v) is 7.67. The van der Waals surface area contributed by atoms with Crippen LogP contribution in [0.1, 0.15) is 37.4 Å². The van der Waals surface area contributed by atoms with Crippen molar-refractivity contribution in [2.45, 2.75) is 43.9 Å². The van der Waals surface area contributed by atoms with Gasteiger partial charge in [-0.25, -0.2) is 4.21 Å². The van der Waals surface area contributed by atoms with Gasteiger partial charge in [0.2, 0.25) is 17.2 Å². The minimum atomic E-state index is -2.08. The van der Waals surface area contributed by atoms with Crippen LogP contribution in [0.4, 0.5) is 0 Å². The van der Waals surface area contributed by atoms with E-state index in [2.05, 4.69) is 17.0 Å². The zero-order valence-electron chi connectivity index (χ0n) is 18.9. The van der Waals surface area contributed by atoms with E-state index in [0.717, 1.165) is 48.6 Å². The number of hydrogen-bond acceptors (Lipinski definition) is 4. The van der Waals surface area contributed by atoms with E-state index in [0.29, 0.717) is 19.1 Å². The lowest BCUT2D eigenvalue weighted by Crippen LogP contribution is -2.45. The molecule has 4 atom stereocenters. The SMILES string of the molecule is CN(C)C1CCN(C(=O)COC(c2cccc3ccccc23)C2CCCCN2S(=O)O)C1. The van der Waals surface area contributed by atoms with Gasteiger partial charge in [0.1, 0.15) is 12.7 Å². The molecule has 2 fully saturated rings. The summed E-state index contributed by atoms with van der Waals surface area (Å²) in [4.78, 5) is 17.0. The molecule has 0 bridgehead atoms. The Morgan fingerprint density at radius 2 is 1.94 bits per heavy atom. The molecule has 2 aromatic rings. The highest BCUT2D eigenvalue weighted by molar-refractivity contribution is 7.76. The van der Waals surface area contributed by atoms with Crippen LogP contribution >= 0.6 is 0 Å². The average molecular weight is 460 g/mol. The van der Waals surface area contributed by atoms with Crippen LogP contribution in [-0.2, 0) is 20.8 Å². The van der Waals surface area contributed by atoms with E-state index >= 15 is 0 Å². The van der Waals surface area contributed by atoms with Gasteiger partial charge in [0.05, 0.1) is 6.04 Å². The Kier molecular flexibility index (Phi) is 7.58. The van der Waals surface area contributed by atoms with E-state index in [4.69, 9.17) is 4.74 Å². The maximum atomic E-state index is 13.0. The largest absolute Gasteiger partial charge is 0.362 e. The molecular formula is C24H33N3O4S. The highest BCUT2D eigenvalue weighted by Gasteiger charge is 2.36. The molecular weight excluding hydrogens is 426 g/mol. The van der Waals surface area contributed by atoms with Crippen LogP contribution in [0, 0.1) is 0 Å². The van der Waals surface area contributed by atoms with Gasteiger partial charge in [-0.2, -0.15) is 4.31 Å². The topological polar surface area (TPSA) is 73.3 Å². The standard InChI is InChI=1S/C24H33N3O4S/c1-25(2)19-13-15-26(16-19)23(28)17-31-24(22-12-5-6-14-27(22)32(29)30)21-11-7-9-18-8-3-4-10-20(18)21/h3-4,7-11,19,22,24H,5-6,12-17H2,1-2H3,(H,29,30). The number of benzene rings is 2. The zero-order valence-corrected chi connectivity index (χ0v) is 19.7. The third-order valence-electron chi connectivity index (χ3n) is 6.81. The molecule has 0 aliphatic carbocycles. The average Bonchev–Trinajstić information content (AvgIpc) is 3.30. The van der Waals surface area contributed by atoms with Crippen molar-refractivity contribution in [3.8, 4) is 0 Å². The minimum absolute atomic E-state index is 0.0212. The molecule has 2 aliphatic heterocycles. The molecule has 0 radical (unpaired) electrons. The molecule has 2 aliphatic rings. The van der Waals surface area contributed by atoms with Crippen LogP contribution in [0.3, 0.4) is 0 Å². The molecule has 1 N–H and O–H groups in total. The number of likely N-dealkylation sites (tertiary alicyclic amines) is 1. The van der Waals surface area contributed by atoms with Crippen molar-refractivity contribution in [2.24, 2.45) is 0 Å². The molecule has 1 amide bonds. The summed E-state index contributed by atoms with van der Waals surface area (Å²) in [5, 5.41) is 2.14. The van der Waals surface area contributed by atoms with E-state index in [9.17, 15) is 13.6 Å². The summed E-state index contributed by atoms with van der Waals surface area (Å²) in [6, 6.07) is 14.3. The predicted molar refractivity (Wildman–Crippen MR) is 126 cm³/mol. The lowest BCUT2D eigenvalue weighted by molar-refractivity contribution is -0.138. The molecule has 2 heterocycles. The first-order valence-corrected chi connectivity index (χ1v) is 12.4. The van der Waals surface area contributed by atoms with Gasteiger partial charge in [-0.15, -0.1) is 0 Å². The maximum Gasteiger partial charge on any atom is 0.248 e. The number of carbonyl (C=O) groups excluding carboxylic acids is 1. The van der Waals surface area contributed by atoms with Crippen molar-refractivity contribution in [1.29, 1.82) is 0 Å². The fourth-order valence-corrected chi connectivity index (χ4v) is 5.71. The number of ether oxygens (including phenoxy) is 1. The Morgan fingerprint density at radius 1 is 1.16 bits per heavy atom. The fraction of sp³-hybridized carbons (Fsp3) is 0.542. The highest BCUT2D eigenvalue weighted by atomic mass is 32.2. The number of amides is 1. The number of hydrogen-bond donors (Lipinski definition) is 1. The van der Waals surface area contributed by atoms with Gasteiger partial charge in [0.15, 0.2) is 0 Å². The van der Waals surface area contributed by atoms with E-state index < -0.39 is 17.4 Å². The summed E-state index contributed by atoms with van der Waals surface area (Å²) < 4.78 is 30.0. The van der Waals surface area contributed by atoms with Crippen LogP contribution in [-0.4, -0.2) is 81.2 Å². The number of nitrogens with zero attached hydrogens (tertiary/aromatic N) is 3. The van der Waals surface area contributed by atoms with Crippen LogP contribution in [0.5, 0.6) is 0 Å². The molecule has 8 heteroatoms. The molecule has 4 rings (SSSR count). The summed E-state index contributed by atoms with van der Waals surface area (Å²) in [5.74, 6) is -0.0212. The van der Waals surface area contributed by atoms with Crippen molar-refractivity contribution >= 4 is 27.9 Å². The second-order valence-electron chi connectivity index (χ2n) is 8.98. The molecule has 2 aromatic carbocycles. The second-order valence-corrected chi connectivity index (χ2v) is 9.91. The summed E-state index contributed by atoms with van der Waals surface area (Å²) in [5.41, 5.74) is 0.964. The van der Waals surface area contributed by atoms with Gasteiger partial charge in [0.25, 0.3) is 0 Å². The smallest absolute Gasteiger partial charge is 0.248 e. The molecule has 0 saturated carbocycles. The van der Waals surface area contributed by atoms with E-state index in [1.165, 1.54) is 0 Å². The van der Waals surface area contributed by atoms with E-state index in [1.807, 2.05) is 49.3 Å². The van der Waals surface area contributed by atoms with Crippen LogP contribution < -0.4 is 0 Å². The molecule has 2 saturated heterocycles. The Labute approximate surface area is 192 Å². The summed E-state index contributed by atoms with van der Waals surface area (Å²) in [7, 11) is 4.08. The van der Waals surface area contributed by atoms with Crippen LogP contribution in [0.2, 0.25) is 0 Å². The van der Waals surface area contributed by atoms with Crippen LogP contribution in [0.25, 0.3) is 10.8 Å². The quantitative estimate of drug-likeness (QED) is 0.645. The Balaban J connectivity index is 1.59. The molecule has 7 nitrogen and oxygen atoms in total. The Morgan fingerprint density at radius 3 is 2.69 bits per heavy atom. The lowest BCUT2D eigenvalue weighted by atomic mass is 9.91. The van der Waals surface area contributed by atoms with Crippen molar-refractivity contribution in [3.05, 3.63) is 48.0 Å². The number of piperidine rings is 1. The maximum absolute atomic E-state index is 13.0. The van der Waals surface area contributed by atoms with Gasteiger partial charge in [-0.1, -0.05) is 48.9 Å². The first kappa shape index (κ1) is 23.3. The van der Waals surface area contributed by atoms with E-state index in [1.54, 1.807) is 4.31 Å². The van der Waals surface area contributed by atoms with Gasteiger partial charge < -0.3 is 14.5 Å². The van der Waals surface area contributed by atoms with Crippen molar-refractivity contribution in [3.63, 3.8) is 0 Å². The molecule has 174 valence electrons. The number of likely N-dealkylation sites (N-methyl/N-ethyl adjacent to an activating group) is 1. The molecule has 4 unspecified atom stereocenters. The fourth-order valence-electron chi connectivity index (χ4n) is 4.98. The van der Waals surface area contributed by atoms with Gasteiger partial charge in [-0.3, -0.25) is 9.35 Å². The predicted octanol–water partition coefficient (Wildman–Crippen LogP) is 3.05. The van der Waals surface area contributed by atoms with Gasteiger partial charge in [0, 0.05) is 25.7 Å². The monoisotopic (exact) mass is 459 g/mol. The van der Waals surface area contributed by atoms with Gasteiger partial charge in [-0.05, 0) is 49.7 Å². The van der Waals surface area contributed by atoms with Crippen LogP contribution in [0.15, 0.2) is 42.5 Å². The molecule has 0 spiro atoms. The Hall–Kier alpha value is -1.84. The zero-order chi connectivity index (χ0) is 22.7. The van der Waals surface area contributed by atoms with Gasteiger partial charge >= 0.3 is 0 Å². The second kappa shape index (κ2) is 10.4. The van der Waals surface area contributed by atoms with Crippen molar-refractivity contribution in [1.82, 2.24) is 14.1 Å². The first-order chi connectivity index (χ1) is 15.5. The molecule has 32 heavy (non-hydrogen) atoms. The highest BCUT2D eigenvalue weighted by Crippen LogP contribution is 2.36. The summed E-state index contributed by atoms with van der Waals surface area (Å²) in [6.45, 7) is 1.96. The minimum Gasteiger partial charge on any atom is -0.362 e. The lowest BCUT2D eigenvalue weighted by Gasteiger charge is -2.38. The van der Waals surface area contributed by atoms with E-state index in [-0.39, 0.29) is 18.6 Å². The molecule has 0 aromatic heterocycles. The summed E-state index contributed by atoms with van der Waals surface area (Å²) in [6.07, 6.45) is 3.09. The Bertz CT molecular complexity index is 964. The summed E-state index contributed by atoms with van der Waals surface area (Å²) >= 11 is -2.08. The number of fused-ring (bicyclic) bond motifs is 1. The van der Waals surface area contributed by atoms with Crippen molar-refractivity contribution in [2.75, 3.05) is 40.3 Å².